The van der Waals surface area contributed by atoms with Gasteiger partial charge in [0.25, 0.3) is 0 Å². The maximum Gasteiger partial charge on any atom is 0.307 e. The van der Waals surface area contributed by atoms with E-state index in [4.69, 9.17) is 0 Å². The van der Waals surface area contributed by atoms with Crippen LogP contribution in [-0.2, 0) is 16.0 Å². The first kappa shape index (κ1) is 21.1. The van der Waals surface area contributed by atoms with E-state index in [-0.39, 0.29) is 23.3 Å². The second-order valence-corrected chi connectivity index (χ2v) is 7.03. The Morgan fingerprint density at radius 1 is 1.04 bits per heavy atom. The first-order valence-corrected chi connectivity index (χ1v) is 8.68. The molecule has 2 fully saturated rings. The smallest absolute Gasteiger partial charge is 0.307 e. The molecule has 3 rings (SSSR count). The molecule has 1 aromatic carbocycles. The molecule has 2 aliphatic rings. The summed E-state index contributed by atoms with van der Waals surface area (Å²) in [5, 5.41) is 9.46. The van der Waals surface area contributed by atoms with Crippen molar-refractivity contribution in [1.29, 1.82) is 0 Å². The van der Waals surface area contributed by atoms with E-state index in [2.05, 4.69) is 0 Å². The normalized spacial score (nSPS) is 23.0. The number of amides is 1. The predicted octanol–water partition coefficient (Wildman–Crippen LogP) is 1.32. The Kier molecular flexibility index (Phi) is 8.06. The highest BCUT2D eigenvalue weighted by Gasteiger charge is 2.37. The maximum absolute atomic E-state index is 12.6. The molecule has 25 heavy (non-hydrogen) atoms. The van der Waals surface area contributed by atoms with Gasteiger partial charge < -0.3 is 21.0 Å². The van der Waals surface area contributed by atoms with Crippen molar-refractivity contribution in [2.45, 2.75) is 38.5 Å². The number of carbonyl (C=O) groups excluding carboxylic acids is 1. The molecule has 6 heteroatoms. The molecule has 1 saturated heterocycles. The molecular weight excluding hydrogens is 322 g/mol. The van der Waals surface area contributed by atoms with Crippen LogP contribution in [0.15, 0.2) is 30.3 Å². The van der Waals surface area contributed by atoms with E-state index < -0.39 is 11.9 Å². The number of likely N-dealkylation sites (tertiary alicyclic amines) is 1. The highest BCUT2D eigenvalue weighted by molar-refractivity contribution is 5.82. The molecule has 140 valence electrons. The van der Waals surface area contributed by atoms with Crippen LogP contribution >= 0.6 is 0 Å². The summed E-state index contributed by atoms with van der Waals surface area (Å²) in [5.41, 5.74) is 0.975. The third kappa shape index (κ3) is 5.28. The van der Waals surface area contributed by atoms with Gasteiger partial charge in [-0.1, -0.05) is 43.2 Å². The van der Waals surface area contributed by atoms with Crippen LogP contribution in [0.25, 0.3) is 0 Å². The van der Waals surface area contributed by atoms with E-state index in [1.807, 2.05) is 35.2 Å². The van der Waals surface area contributed by atoms with Crippen LogP contribution in [0.2, 0.25) is 0 Å². The molecule has 5 N–H and O–H groups in total. The lowest BCUT2D eigenvalue weighted by Gasteiger charge is -2.22. The Bertz CT molecular complexity index is 548. The summed E-state index contributed by atoms with van der Waals surface area (Å²) in [6.45, 7) is 1.67. The summed E-state index contributed by atoms with van der Waals surface area (Å²) in [6, 6.07) is 9.56. The molecule has 1 aromatic rings. The number of carboxylic acid groups (broad SMARTS) is 1. The van der Waals surface area contributed by atoms with E-state index in [0.29, 0.717) is 18.3 Å². The number of hydrogen-bond acceptors (Lipinski definition) is 2. The molecule has 1 saturated carbocycles. The van der Waals surface area contributed by atoms with Crippen molar-refractivity contribution in [2.24, 2.45) is 17.8 Å². The van der Waals surface area contributed by atoms with E-state index in [9.17, 15) is 14.7 Å². The van der Waals surface area contributed by atoms with Gasteiger partial charge in [0.2, 0.25) is 5.91 Å². The quantitative estimate of drug-likeness (QED) is 0.861. The lowest BCUT2D eigenvalue weighted by molar-refractivity contribution is -0.145. The van der Waals surface area contributed by atoms with Crippen molar-refractivity contribution in [2.75, 3.05) is 13.1 Å². The molecule has 2 unspecified atom stereocenters. The van der Waals surface area contributed by atoms with Gasteiger partial charge in [-0.05, 0) is 36.7 Å². The summed E-state index contributed by atoms with van der Waals surface area (Å²) in [6.07, 6.45) is 5.53. The van der Waals surface area contributed by atoms with Crippen LogP contribution < -0.4 is 0 Å². The zero-order chi connectivity index (χ0) is 16.2. The third-order valence-corrected chi connectivity index (χ3v) is 5.42. The van der Waals surface area contributed by atoms with Gasteiger partial charge in [0.1, 0.15) is 0 Å². The molecule has 0 spiro atoms. The van der Waals surface area contributed by atoms with Crippen LogP contribution in [0, 0.1) is 17.8 Å². The van der Waals surface area contributed by atoms with Crippen LogP contribution in [0.4, 0.5) is 0 Å². The molecular formula is C19H29NO5. The molecule has 6 nitrogen and oxygen atoms in total. The first-order chi connectivity index (χ1) is 11.1. The third-order valence-electron chi connectivity index (χ3n) is 5.42. The monoisotopic (exact) mass is 351 g/mol. The lowest BCUT2D eigenvalue weighted by Crippen LogP contribution is -2.33. The van der Waals surface area contributed by atoms with E-state index >= 15 is 0 Å². The fourth-order valence-corrected chi connectivity index (χ4v) is 4.09. The number of aliphatic carboxylic acids is 1. The van der Waals surface area contributed by atoms with Gasteiger partial charge in [0, 0.05) is 19.5 Å². The molecule has 3 atom stereocenters. The number of carboxylic acids is 1. The highest BCUT2D eigenvalue weighted by atomic mass is 16.4. The highest BCUT2D eigenvalue weighted by Crippen LogP contribution is 2.36. The number of rotatable bonds is 5. The Labute approximate surface area is 148 Å². The molecule has 0 aromatic heterocycles. The Morgan fingerprint density at radius 2 is 1.60 bits per heavy atom. The van der Waals surface area contributed by atoms with E-state index in [1.165, 1.54) is 25.7 Å². The summed E-state index contributed by atoms with van der Waals surface area (Å²) in [4.78, 5) is 26.0. The average molecular weight is 351 g/mol. The molecule has 1 heterocycles. The average Bonchev–Trinajstić information content (AvgIpc) is 2.99. The standard InChI is InChI=1S/C19H25NO3.2H2O/c21-18(20-12-15-8-4-5-9-16(15)13-20)11-17(19(22)23)10-14-6-2-1-3-7-14;;/h1-3,6-7,15-17H,4-5,8-13H2,(H,22,23);2*1H2/t15?,16?,17-;;/m0../s1. The summed E-state index contributed by atoms with van der Waals surface area (Å²) < 4.78 is 0. The Morgan fingerprint density at radius 3 is 2.12 bits per heavy atom. The minimum Gasteiger partial charge on any atom is -0.481 e. The van der Waals surface area contributed by atoms with Gasteiger partial charge in [-0.15, -0.1) is 0 Å². The van der Waals surface area contributed by atoms with Gasteiger partial charge in [-0.3, -0.25) is 9.59 Å². The van der Waals surface area contributed by atoms with Crippen molar-refractivity contribution in [1.82, 2.24) is 4.90 Å². The van der Waals surface area contributed by atoms with Crippen LogP contribution in [0.1, 0.15) is 37.7 Å². The molecule has 1 aliphatic carbocycles. The largest absolute Gasteiger partial charge is 0.481 e. The van der Waals surface area contributed by atoms with Crippen molar-refractivity contribution in [3.8, 4) is 0 Å². The molecule has 0 radical (unpaired) electrons. The fourth-order valence-electron chi connectivity index (χ4n) is 4.09. The summed E-state index contributed by atoms with van der Waals surface area (Å²) in [5.74, 6) is -0.204. The van der Waals surface area contributed by atoms with E-state index in [1.54, 1.807) is 0 Å². The SMILES string of the molecule is O.O.O=C(O)[C@H](CC(=O)N1CC2CCCCC2C1)Cc1ccccc1. The predicted molar refractivity (Wildman–Crippen MR) is 95.1 cm³/mol. The minimum absolute atomic E-state index is 0. The maximum atomic E-state index is 12.6. The molecule has 1 aliphatic heterocycles. The number of nitrogens with zero attached hydrogens (tertiary/aromatic N) is 1. The van der Waals surface area contributed by atoms with Crippen LogP contribution in [0.5, 0.6) is 0 Å². The van der Waals surface area contributed by atoms with Gasteiger partial charge >= 0.3 is 5.97 Å². The Balaban J connectivity index is 0.00000156. The number of carbonyl (C=O) groups is 2. The van der Waals surface area contributed by atoms with Crippen LogP contribution in [-0.4, -0.2) is 45.9 Å². The summed E-state index contributed by atoms with van der Waals surface area (Å²) >= 11 is 0. The zero-order valence-electron chi connectivity index (χ0n) is 14.5. The van der Waals surface area contributed by atoms with Gasteiger partial charge in [-0.25, -0.2) is 0 Å². The Hall–Kier alpha value is -1.92. The topological polar surface area (TPSA) is 121 Å². The van der Waals surface area contributed by atoms with Gasteiger partial charge in [0.15, 0.2) is 0 Å². The van der Waals surface area contributed by atoms with Gasteiger partial charge in [-0.2, -0.15) is 0 Å². The number of fused-ring (bicyclic) bond motifs is 1. The number of benzene rings is 1. The fraction of sp³-hybridized carbons (Fsp3) is 0.579. The zero-order valence-corrected chi connectivity index (χ0v) is 14.5. The van der Waals surface area contributed by atoms with Crippen molar-refractivity contribution < 1.29 is 25.6 Å². The van der Waals surface area contributed by atoms with Crippen molar-refractivity contribution in [3.63, 3.8) is 0 Å². The number of hydrogen-bond donors (Lipinski definition) is 1. The second-order valence-electron chi connectivity index (χ2n) is 7.03. The molecule has 0 bridgehead atoms. The lowest BCUT2D eigenvalue weighted by atomic mass is 9.82. The van der Waals surface area contributed by atoms with E-state index in [0.717, 1.165) is 18.7 Å². The van der Waals surface area contributed by atoms with Crippen LogP contribution in [0.3, 0.4) is 0 Å². The van der Waals surface area contributed by atoms with Crippen molar-refractivity contribution in [3.05, 3.63) is 35.9 Å². The van der Waals surface area contributed by atoms with Crippen molar-refractivity contribution >= 4 is 11.9 Å². The second kappa shape index (κ2) is 9.53. The first-order valence-electron chi connectivity index (χ1n) is 8.68. The minimum atomic E-state index is -0.876. The molecule has 1 amide bonds. The van der Waals surface area contributed by atoms with Gasteiger partial charge in [0.05, 0.1) is 5.92 Å². The summed E-state index contributed by atoms with van der Waals surface area (Å²) in [7, 11) is 0.